The number of tetrazole rings is 1. The summed E-state index contributed by atoms with van der Waals surface area (Å²) in [6.07, 6.45) is 0. The first-order valence-corrected chi connectivity index (χ1v) is 13.1. The van der Waals surface area contributed by atoms with Crippen LogP contribution in [0.4, 0.5) is 0 Å². The molecule has 1 fully saturated rings. The fourth-order valence-corrected chi connectivity index (χ4v) is 5.40. The number of aryl methyl sites for hydroxylation is 1. The number of fused-ring (bicyclic) bond motifs is 1. The van der Waals surface area contributed by atoms with Gasteiger partial charge in [0.25, 0.3) is 5.56 Å². The maximum Gasteiger partial charge on any atom is 0.253 e. The van der Waals surface area contributed by atoms with E-state index in [0.29, 0.717) is 17.9 Å². The maximum atomic E-state index is 13.6. The van der Waals surface area contributed by atoms with E-state index in [9.17, 15) is 4.79 Å². The number of aromatic amines is 1. The van der Waals surface area contributed by atoms with Crippen LogP contribution in [-0.2, 0) is 13.1 Å². The SMILES string of the molecule is Cc1cccc2cc([C@H](c3nnnn3Cc3ccccc3)N3CCN(Cc4ccccc4)CC3)c(=O)[nH]c12. The van der Waals surface area contributed by atoms with Crippen LogP contribution in [0.1, 0.15) is 34.1 Å². The third-order valence-electron chi connectivity index (χ3n) is 7.41. The van der Waals surface area contributed by atoms with Crippen molar-refractivity contribution in [1.29, 1.82) is 0 Å². The van der Waals surface area contributed by atoms with E-state index in [2.05, 4.69) is 66.7 Å². The fourth-order valence-electron chi connectivity index (χ4n) is 5.40. The summed E-state index contributed by atoms with van der Waals surface area (Å²) in [4.78, 5) is 21.5. The molecule has 8 nitrogen and oxygen atoms in total. The Morgan fingerprint density at radius 2 is 1.53 bits per heavy atom. The third-order valence-corrected chi connectivity index (χ3v) is 7.41. The van der Waals surface area contributed by atoms with Gasteiger partial charge in [-0.2, -0.15) is 0 Å². The quantitative estimate of drug-likeness (QED) is 0.363. The molecule has 1 aliphatic heterocycles. The van der Waals surface area contributed by atoms with Gasteiger partial charge in [-0.15, -0.1) is 5.10 Å². The first-order valence-electron chi connectivity index (χ1n) is 13.1. The first kappa shape index (κ1) is 24.2. The number of piperazine rings is 1. The Morgan fingerprint density at radius 1 is 0.842 bits per heavy atom. The van der Waals surface area contributed by atoms with Gasteiger partial charge in [-0.05, 0) is 45.5 Å². The number of hydrogen-bond donors (Lipinski definition) is 1. The predicted octanol–water partition coefficient (Wildman–Crippen LogP) is 3.78. The largest absolute Gasteiger partial charge is 0.321 e. The van der Waals surface area contributed by atoms with Crippen LogP contribution in [0.25, 0.3) is 10.9 Å². The predicted molar refractivity (Wildman–Crippen MR) is 148 cm³/mol. The van der Waals surface area contributed by atoms with Crippen LogP contribution in [0, 0.1) is 6.92 Å². The minimum absolute atomic E-state index is 0.0993. The van der Waals surface area contributed by atoms with E-state index in [-0.39, 0.29) is 11.6 Å². The number of benzene rings is 3. The van der Waals surface area contributed by atoms with Crippen molar-refractivity contribution in [2.45, 2.75) is 26.1 Å². The van der Waals surface area contributed by atoms with Crippen LogP contribution in [0.5, 0.6) is 0 Å². The number of H-pyrrole nitrogens is 1. The van der Waals surface area contributed by atoms with Crippen molar-refractivity contribution < 1.29 is 0 Å². The molecular formula is C30H31N7O. The lowest BCUT2D eigenvalue weighted by molar-refractivity contribution is 0.0998. The molecule has 6 rings (SSSR count). The summed E-state index contributed by atoms with van der Waals surface area (Å²) in [5, 5.41) is 13.9. The van der Waals surface area contributed by atoms with Crippen molar-refractivity contribution in [3.8, 4) is 0 Å². The molecule has 38 heavy (non-hydrogen) atoms. The molecule has 5 aromatic rings. The van der Waals surface area contributed by atoms with Gasteiger partial charge >= 0.3 is 0 Å². The molecular weight excluding hydrogens is 474 g/mol. The molecule has 1 aliphatic rings. The highest BCUT2D eigenvalue weighted by Crippen LogP contribution is 2.29. The second-order valence-corrected chi connectivity index (χ2v) is 9.97. The van der Waals surface area contributed by atoms with E-state index in [1.807, 2.05) is 60.1 Å². The summed E-state index contributed by atoms with van der Waals surface area (Å²) in [7, 11) is 0. The van der Waals surface area contributed by atoms with Crippen LogP contribution >= 0.6 is 0 Å². The molecule has 1 N–H and O–H groups in total. The van der Waals surface area contributed by atoms with Crippen LogP contribution in [0.3, 0.4) is 0 Å². The van der Waals surface area contributed by atoms with E-state index in [1.54, 1.807) is 0 Å². The lowest BCUT2D eigenvalue weighted by Crippen LogP contribution is -2.48. The molecule has 192 valence electrons. The van der Waals surface area contributed by atoms with Crippen molar-refractivity contribution in [2.24, 2.45) is 0 Å². The van der Waals surface area contributed by atoms with Gasteiger partial charge in [-0.25, -0.2) is 4.68 Å². The van der Waals surface area contributed by atoms with Gasteiger partial charge in [0.2, 0.25) is 0 Å². The number of nitrogens with zero attached hydrogens (tertiary/aromatic N) is 6. The maximum absolute atomic E-state index is 13.6. The van der Waals surface area contributed by atoms with E-state index < -0.39 is 0 Å². The fraction of sp³-hybridized carbons (Fsp3) is 0.267. The zero-order valence-electron chi connectivity index (χ0n) is 21.5. The van der Waals surface area contributed by atoms with Gasteiger partial charge in [-0.3, -0.25) is 14.6 Å². The second-order valence-electron chi connectivity index (χ2n) is 9.97. The first-order chi connectivity index (χ1) is 18.7. The van der Waals surface area contributed by atoms with Gasteiger partial charge < -0.3 is 4.98 Å². The summed E-state index contributed by atoms with van der Waals surface area (Å²) in [5.41, 5.74) is 4.91. The summed E-state index contributed by atoms with van der Waals surface area (Å²) in [6, 6.07) is 28.5. The number of hydrogen-bond acceptors (Lipinski definition) is 6. The molecule has 2 aromatic heterocycles. The lowest BCUT2D eigenvalue weighted by Gasteiger charge is -2.38. The van der Waals surface area contributed by atoms with Gasteiger partial charge in [0, 0.05) is 38.3 Å². The summed E-state index contributed by atoms with van der Waals surface area (Å²) >= 11 is 0. The van der Waals surface area contributed by atoms with E-state index >= 15 is 0 Å². The number of nitrogens with one attached hydrogen (secondary N) is 1. The number of rotatable bonds is 7. The van der Waals surface area contributed by atoms with Gasteiger partial charge in [-0.1, -0.05) is 78.9 Å². The summed E-state index contributed by atoms with van der Waals surface area (Å²) in [6.45, 7) is 6.88. The molecule has 0 unspecified atom stereocenters. The monoisotopic (exact) mass is 505 g/mol. The van der Waals surface area contributed by atoms with Crippen LogP contribution in [0.15, 0.2) is 89.7 Å². The zero-order valence-corrected chi connectivity index (χ0v) is 21.5. The molecule has 0 spiro atoms. The molecule has 3 heterocycles. The van der Waals surface area contributed by atoms with Crippen LogP contribution in [-0.4, -0.2) is 61.2 Å². The minimum Gasteiger partial charge on any atom is -0.321 e. The number of pyridine rings is 1. The van der Waals surface area contributed by atoms with Crippen molar-refractivity contribution in [2.75, 3.05) is 26.2 Å². The van der Waals surface area contributed by atoms with Crippen molar-refractivity contribution in [3.63, 3.8) is 0 Å². The van der Waals surface area contributed by atoms with E-state index in [4.69, 9.17) is 0 Å². The average molecular weight is 506 g/mol. The molecule has 3 aromatic carbocycles. The standard InChI is InChI=1S/C30H31N7O/c1-22-9-8-14-25-19-26(30(38)31-27(22)25)28(29-32-33-34-37(29)21-24-12-6-3-7-13-24)36-17-15-35(16-18-36)20-23-10-4-2-5-11-23/h2-14,19,28H,15-18,20-21H2,1H3,(H,31,38)/t28-/m1/s1. The molecule has 0 bridgehead atoms. The van der Waals surface area contributed by atoms with E-state index in [0.717, 1.165) is 54.8 Å². The Morgan fingerprint density at radius 3 is 2.24 bits per heavy atom. The second kappa shape index (κ2) is 10.7. The average Bonchev–Trinajstić information content (AvgIpc) is 3.39. The topological polar surface area (TPSA) is 82.9 Å². The smallest absolute Gasteiger partial charge is 0.253 e. The Bertz CT molecular complexity index is 1570. The normalized spacial score (nSPS) is 15.6. The van der Waals surface area contributed by atoms with Crippen LogP contribution < -0.4 is 5.56 Å². The van der Waals surface area contributed by atoms with Crippen molar-refractivity contribution in [1.82, 2.24) is 35.0 Å². The molecule has 1 saturated heterocycles. The van der Waals surface area contributed by atoms with Crippen molar-refractivity contribution in [3.05, 3.63) is 123 Å². The number of aromatic nitrogens is 5. The summed E-state index contributed by atoms with van der Waals surface area (Å²) < 4.78 is 1.83. The highest BCUT2D eigenvalue weighted by atomic mass is 16.1. The molecule has 0 aliphatic carbocycles. The Kier molecular flexibility index (Phi) is 6.81. The molecule has 8 heteroatoms. The van der Waals surface area contributed by atoms with Gasteiger partial charge in [0.05, 0.1) is 12.1 Å². The van der Waals surface area contributed by atoms with Crippen molar-refractivity contribution >= 4 is 10.9 Å². The molecule has 0 amide bonds. The van der Waals surface area contributed by atoms with Gasteiger partial charge in [0.15, 0.2) is 5.82 Å². The Balaban J connectivity index is 1.35. The van der Waals surface area contributed by atoms with E-state index in [1.165, 1.54) is 5.56 Å². The highest BCUT2D eigenvalue weighted by molar-refractivity contribution is 5.82. The lowest BCUT2D eigenvalue weighted by atomic mass is 10.0. The van der Waals surface area contributed by atoms with Gasteiger partial charge in [0.1, 0.15) is 6.04 Å². The molecule has 1 atom stereocenters. The third kappa shape index (κ3) is 5.01. The summed E-state index contributed by atoms with van der Waals surface area (Å²) in [5.74, 6) is 0.683. The molecule has 0 radical (unpaired) electrons. The zero-order chi connectivity index (χ0) is 25.9. The Hall–Kier alpha value is -4.14. The molecule has 0 saturated carbocycles. The number of para-hydroxylation sites is 1. The van der Waals surface area contributed by atoms with Crippen LogP contribution in [0.2, 0.25) is 0 Å². The minimum atomic E-state index is -0.360. The highest BCUT2D eigenvalue weighted by Gasteiger charge is 2.32. The Labute approximate surface area is 221 Å².